The molecule has 3 heterocycles. The van der Waals surface area contributed by atoms with Crippen molar-refractivity contribution in [3.8, 4) is 0 Å². The number of carbonyl (C=O) groups excluding carboxylic acids is 5. The van der Waals surface area contributed by atoms with E-state index in [-0.39, 0.29) is 25.8 Å². The maximum atomic E-state index is 14.0. The van der Waals surface area contributed by atoms with Crippen LogP contribution in [0.15, 0.2) is 85.1 Å². The average molecular weight is 751 g/mol. The predicted molar refractivity (Wildman–Crippen MR) is 205 cm³/mol. The first-order valence-electron chi connectivity index (χ1n) is 18.1. The molecule has 4 atom stereocenters. The number of carbonyl (C=O) groups is 5. The Morgan fingerprint density at radius 3 is 2.15 bits per heavy atom. The Bertz CT molecular complexity index is 2190. The number of para-hydroxylation sites is 2. The number of methoxy groups -OCH3 is 1. The molecule has 0 saturated carbocycles. The number of aliphatic hydroxyl groups excluding tert-OH is 1. The number of nitrogens with one attached hydrogen (secondary N) is 5. The molecular formula is C41H46N6O8. The Morgan fingerprint density at radius 2 is 1.45 bits per heavy atom. The van der Waals surface area contributed by atoms with E-state index in [4.69, 9.17) is 9.47 Å². The van der Waals surface area contributed by atoms with E-state index in [1.54, 1.807) is 51.2 Å². The molecule has 288 valence electrons. The van der Waals surface area contributed by atoms with Gasteiger partial charge in [0, 0.05) is 53.0 Å². The van der Waals surface area contributed by atoms with E-state index in [2.05, 4.69) is 25.9 Å². The van der Waals surface area contributed by atoms with Crippen LogP contribution in [0.5, 0.6) is 0 Å². The first kappa shape index (κ1) is 38.6. The highest BCUT2D eigenvalue weighted by Crippen LogP contribution is 2.31. The topological polar surface area (TPSA) is 195 Å². The minimum atomic E-state index is -1.49. The number of H-pyrrole nitrogens is 2. The molecule has 0 fully saturated rings. The highest BCUT2D eigenvalue weighted by atomic mass is 16.6. The molecule has 1 aliphatic heterocycles. The van der Waals surface area contributed by atoms with Gasteiger partial charge < -0.3 is 40.5 Å². The van der Waals surface area contributed by atoms with Crippen LogP contribution in [0, 0.1) is 0 Å². The molecule has 0 saturated heterocycles. The Kier molecular flexibility index (Phi) is 11.6. The maximum absolute atomic E-state index is 14.0. The molecule has 1 aliphatic rings. The van der Waals surface area contributed by atoms with Gasteiger partial charge in [0.1, 0.15) is 29.8 Å². The van der Waals surface area contributed by atoms with Crippen molar-refractivity contribution in [2.45, 2.75) is 76.3 Å². The number of aromatic nitrogens is 2. The van der Waals surface area contributed by atoms with Gasteiger partial charge in [-0.2, -0.15) is 0 Å². The normalized spacial score (nSPS) is 15.7. The lowest BCUT2D eigenvalue weighted by molar-refractivity contribution is -0.145. The summed E-state index contributed by atoms with van der Waals surface area (Å²) >= 11 is 0. The maximum Gasteiger partial charge on any atom is 0.411 e. The van der Waals surface area contributed by atoms with E-state index in [0.29, 0.717) is 5.56 Å². The fourth-order valence-electron chi connectivity index (χ4n) is 6.88. The summed E-state index contributed by atoms with van der Waals surface area (Å²) in [4.78, 5) is 76.1. The van der Waals surface area contributed by atoms with Crippen molar-refractivity contribution < 1.29 is 38.6 Å². The molecule has 2 aromatic heterocycles. The van der Waals surface area contributed by atoms with Crippen LogP contribution in [0.3, 0.4) is 0 Å². The summed E-state index contributed by atoms with van der Waals surface area (Å²) < 4.78 is 10.7. The van der Waals surface area contributed by atoms with Gasteiger partial charge in [0.05, 0.1) is 20.3 Å². The third-order valence-electron chi connectivity index (χ3n) is 9.57. The molecule has 0 bridgehead atoms. The van der Waals surface area contributed by atoms with Crippen LogP contribution in [0.25, 0.3) is 21.8 Å². The van der Waals surface area contributed by atoms with Crippen molar-refractivity contribution in [3.05, 3.63) is 107 Å². The van der Waals surface area contributed by atoms with Gasteiger partial charge in [0.2, 0.25) is 17.7 Å². The van der Waals surface area contributed by atoms with Crippen molar-refractivity contribution in [2.24, 2.45) is 0 Å². The van der Waals surface area contributed by atoms with Gasteiger partial charge in [-0.1, -0.05) is 66.7 Å². The second-order valence-electron chi connectivity index (χ2n) is 14.6. The van der Waals surface area contributed by atoms with Gasteiger partial charge in [-0.05, 0) is 49.6 Å². The largest absolute Gasteiger partial charge is 0.467 e. The lowest BCUT2D eigenvalue weighted by Crippen LogP contribution is -2.60. The zero-order chi connectivity index (χ0) is 39.3. The van der Waals surface area contributed by atoms with E-state index in [1.165, 1.54) is 12.0 Å². The van der Waals surface area contributed by atoms with Crippen LogP contribution >= 0.6 is 0 Å². The molecule has 3 aromatic carbocycles. The van der Waals surface area contributed by atoms with Gasteiger partial charge in [-0.15, -0.1) is 0 Å². The number of amides is 4. The summed E-state index contributed by atoms with van der Waals surface area (Å²) in [6.07, 6.45) is 1.31. The van der Waals surface area contributed by atoms with Gasteiger partial charge in [-0.25, -0.2) is 9.59 Å². The Morgan fingerprint density at radius 1 is 0.818 bits per heavy atom. The molecule has 0 radical (unpaired) electrons. The van der Waals surface area contributed by atoms with E-state index in [1.807, 2.05) is 54.6 Å². The zero-order valence-electron chi connectivity index (χ0n) is 31.2. The third-order valence-corrected chi connectivity index (χ3v) is 9.57. The van der Waals surface area contributed by atoms with Crippen LogP contribution in [-0.2, 0) is 54.5 Å². The minimum Gasteiger partial charge on any atom is -0.467 e. The Hall–Kier alpha value is -6.15. The average Bonchev–Trinajstić information content (AvgIpc) is 3.75. The van der Waals surface area contributed by atoms with E-state index >= 15 is 0 Å². The van der Waals surface area contributed by atoms with Gasteiger partial charge in [0.15, 0.2) is 0 Å². The third kappa shape index (κ3) is 8.98. The van der Waals surface area contributed by atoms with Crippen LogP contribution < -0.4 is 16.0 Å². The molecule has 14 nitrogen and oxygen atoms in total. The lowest BCUT2D eigenvalue weighted by atomic mass is 9.96. The number of aliphatic hydroxyl groups is 1. The zero-order valence-corrected chi connectivity index (χ0v) is 31.2. The van der Waals surface area contributed by atoms with Crippen molar-refractivity contribution in [2.75, 3.05) is 13.7 Å². The molecule has 0 unspecified atom stereocenters. The Balaban J connectivity index is 1.21. The molecule has 55 heavy (non-hydrogen) atoms. The Labute approximate surface area is 317 Å². The highest BCUT2D eigenvalue weighted by Gasteiger charge is 2.40. The number of ether oxygens (including phenoxy) is 2. The lowest BCUT2D eigenvalue weighted by Gasteiger charge is -2.36. The van der Waals surface area contributed by atoms with E-state index < -0.39 is 66.2 Å². The van der Waals surface area contributed by atoms with Crippen LogP contribution in [-0.4, -0.2) is 93.2 Å². The number of nitrogens with zero attached hydrogens (tertiary/aromatic N) is 1. The second-order valence-corrected chi connectivity index (χ2v) is 14.6. The van der Waals surface area contributed by atoms with Gasteiger partial charge in [-0.3, -0.25) is 19.3 Å². The molecule has 14 heteroatoms. The molecular weight excluding hydrogens is 704 g/mol. The van der Waals surface area contributed by atoms with E-state index in [9.17, 15) is 29.1 Å². The van der Waals surface area contributed by atoms with Crippen LogP contribution in [0.2, 0.25) is 0 Å². The minimum absolute atomic E-state index is 0.0316. The molecule has 5 aromatic rings. The molecule has 6 rings (SSSR count). The van der Waals surface area contributed by atoms with Gasteiger partial charge >= 0.3 is 12.1 Å². The summed E-state index contributed by atoms with van der Waals surface area (Å²) in [7, 11) is 1.23. The molecule has 4 amide bonds. The van der Waals surface area contributed by atoms with Crippen LogP contribution in [0.1, 0.15) is 43.2 Å². The predicted octanol–water partition coefficient (Wildman–Crippen LogP) is 3.42. The number of aromatic amines is 2. The molecule has 0 aliphatic carbocycles. The molecule has 6 N–H and O–H groups in total. The summed E-state index contributed by atoms with van der Waals surface area (Å²) in [6, 6.07) is 19.2. The number of hydrogen-bond acceptors (Lipinski definition) is 8. The summed E-state index contributed by atoms with van der Waals surface area (Å²) in [5, 5.41) is 20.2. The number of hydrogen-bond donors (Lipinski definition) is 6. The number of rotatable bonds is 12. The smallest absolute Gasteiger partial charge is 0.411 e. The second kappa shape index (κ2) is 16.5. The molecule has 0 spiro atoms. The monoisotopic (exact) mass is 750 g/mol. The van der Waals surface area contributed by atoms with Crippen molar-refractivity contribution in [3.63, 3.8) is 0 Å². The fourth-order valence-corrected chi connectivity index (χ4v) is 6.88. The summed E-state index contributed by atoms with van der Waals surface area (Å²) in [5.41, 5.74) is 3.98. The fraction of sp³-hybridized carbons (Fsp3) is 0.341. The summed E-state index contributed by atoms with van der Waals surface area (Å²) in [6.45, 7) is 4.42. The number of fused-ring (bicyclic) bond motifs is 4. The highest BCUT2D eigenvalue weighted by molar-refractivity contribution is 5.96. The standard InChI is InChI=1S/C41H46N6O8/c1-41(2,3)55-40(53)47-22-33-28(27-15-9-11-17-30(27)43-33)20-35(47)38(51)46-34(23-48)37(50)44-31(18-24-12-6-5-7-13-24)36(49)45-32(39(52)54-4)19-25-21-42-29-16-10-8-14-26(25)29/h5-17,21,31-32,34-35,42-43,48H,18-20,22-23H2,1-4H3,(H,44,50)(H,45,49)(H,46,51)/t31-,32-,34-,35-/m0/s1. The van der Waals surface area contributed by atoms with Crippen molar-refractivity contribution in [1.82, 2.24) is 30.8 Å². The van der Waals surface area contributed by atoms with Gasteiger partial charge in [0.25, 0.3) is 0 Å². The summed E-state index contributed by atoms with van der Waals surface area (Å²) in [5.74, 6) is -2.88. The first-order chi connectivity index (χ1) is 26.3. The number of esters is 1. The number of benzene rings is 3. The SMILES string of the molecule is COC(=O)[C@H](Cc1c[nH]c2ccccc12)NC(=O)[C@H](Cc1ccccc1)NC(=O)[C@H](CO)NC(=O)[C@@H]1Cc2c([nH]c3ccccc23)CN1C(=O)OC(C)(C)C. The van der Waals surface area contributed by atoms with Crippen LogP contribution in [0.4, 0.5) is 4.79 Å². The quantitative estimate of drug-likeness (QED) is 0.104. The van der Waals surface area contributed by atoms with E-state index in [0.717, 1.165) is 38.6 Å². The van der Waals surface area contributed by atoms with Crippen molar-refractivity contribution in [1.29, 1.82) is 0 Å². The van der Waals surface area contributed by atoms with Crippen molar-refractivity contribution >= 4 is 51.6 Å². The first-order valence-corrected chi connectivity index (χ1v) is 18.1.